The van der Waals surface area contributed by atoms with E-state index in [0.717, 1.165) is 5.56 Å². The molecule has 7 N–H and O–H groups in total. The van der Waals surface area contributed by atoms with E-state index in [2.05, 4.69) is 11.9 Å². The van der Waals surface area contributed by atoms with Crippen LogP contribution in [-0.2, 0) is 19.9 Å². The van der Waals surface area contributed by atoms with Crippen LogP contribution < -0.4 is 27.3 Å². The summed E-state index contributed by atoms with van der Waals surface area (Å²) in [5, 5.41) is 4.23. The number of amides is 2. The summed E-state index contributed by atoms with van der Waals surface area (Å²) in [5.74, 6) is 0.331. The number of carbonyl (C=O) groups is 3. The highest BCUT2D eigenvalue weighted by atomic mass is 32.1. The first-order valence-electron chi connectivity index (χ1n) is 14.1. The van der Waals surface area contributed by atoms with Gasteiger partial charge in [0.05, 0.1) is 10.7 Å². The quantitative estimate of drug-likeness (QED) is 0.186. The van der Waals surface area contributed by atoms with E-state index in [-0.39, 0.29) is 23.5 Å². The van der Waals surface area contributed by atoms with Crippen LogP contribution in [0.25, 0.3) is 10.1 Å². The van der Waals surface area contributed by atoms with E-state index in [1.54, 1.807) is 23.1 Å². The van der Waals surface area contributed by atoms with E-state index in [4.69, 9.17) is 21.9 Å². The molecule has 220 valence electrons. The Morgan fingerprint density at radius 2 is 1.77 bits per heavy atom. The molecular weight excluding hydrogens is 562 g/mol. The smallest absolute Gasteiger partial charge is 0.245 e. The first-order valence-corrected chi connectivity index (χ1v) is 15.0. The van der Waals surface area contributed by atoms with Gasteiger partial charge in [-0.25, -0.2) is 0 Å². The molecule has 1 aromatic heterocycles. The van der Waals surface area contributed by atoms with Crippen molar-refractivity contribution in [2.24, 2.45) is 17.4 Å². The molecule has 43 heavy (non-hydrogen) atoms. The number of ketones is 1. The number of piperidine rings is 1. The summed E-state index contributed by atoms with van der Waals surface area (Å²) < 4.78 is 6.71. The number of benzene rings is 3. The molecular formula is C33H33N5O4S. The van der Waals surface area contributed by atoms with Gasteiger partial charge in [0.2, 0.25) is 11.8 Å². The van der Waals surface area contributed by atoms with Gasteiger partial charge in [0.25, 0.3) is 0 Å². The maximum Gasteiger partial charge on any atom is 0.245 e. The van der Waals surface area contributed by atoms with Gasteiger partial charge in [-0.3, -0.25) is 14.4 Å². The molecule has 0 bridgehead atoms. The van der Waals surface area contributed by atoms with Crippen molar-refractivity contribution in [3.63, 3.8) is 0 Å². The predicted octanol–water partition coefficient (Wildman–Crippen LogP) is 4.73. The number of nitrogens with two attached hydrogens (primary N) is 3. The number of nitrogens with zero attached hydrogens (tertiary/aromatic N) is 1. The van der Waals surface area contributed by atoms with Crippen LogP contribution in [0, 0.1) is 12.8 Å². The van der Waals surface area contributed by atoms with Crippen LogP contribution in [0.1, 0.15) is 41.1 Å². The third-order valence-electron chi connectivity index (χ3n) is 8.50. The minimum atomic E-state index is -1.54. The second-order valence-corrected chi connectivity index (χ2v) is 12.1. The molecule has 1 saturated heterocycles. The van der Waals surface area contributed by atoms with Crippen LogP contribution in [0.5, 0.6) is 11.5 Å². The van der Waals surface area contributed by atoms with Crippen LogP contribution in [0.4, 0.5) is 10.7 Å². The zero-order chi connectivity index (χ0) is 30.5. The van der Waals surface area contributed by atoms with Crippen molar-refractivity contribution in [1.29, 1.82) is 0 Å². The van der Waals surface area contributed by atoms with E-state index < -0.39 is 11.6 Å². The number of nitrogens with one attached hydrogen (secondary N) is 1. The van der Waals surface area contributed by atoms with Gasteiger partial charge in [-0.2, -0.15) is 0 Å². The largest absolute Gasteiger partial charge is 0.457 e. The average molecular weight is 596 g/mol. The molecule has 10 heteroatoms. The molecule has 0 saturated carbocycles. The minimum absolute atomic E-state index is 0.140. The lowest BCUT2D eigenvalue weighted by atomic mass is 9.70. The molecule has 2 aliphatic rings. The summed E-state index contributed by atoms with van der Waals surface area (Å²) in [5.41, 5.74) is 21.6. The lowest BCUT2D eigenvalue weighted by Gasteiger charge is -2.37. The first-order chi connectivity index (χ1) is 20.6. The Kier molecular flexibility index (Phi) is 7.29. The van der Waals surface area contributed by atoms with Crippen molar-refractivity contribution in [3.8, 4) is 11.5 Å². The highest BCUT2D eigenvalue weighted by Gasteiger charge is 2.49. The lowest BCUT2D eigenvalue weighted by Crippen LogP contribution is -2.52. The number of nitrogen functional groups attached to an aromatic ring is 1. The summed E-state index contributed by atoms with van der Waals surface area (Å²) in [4.78, 5) is 41.2. The molecule has 2 unspecified atom stereocenters. The second kappa shape index (κ2) is 11.0. The number of aryl methyl sites for hydroxylation is 1. The summed E-state index contributed by atoms with van der Waals surface area (Å²) in [7, 11) is 0. The summed E-state index contributed by atoms with van der Waals surface area (Å²) >= 11 is 1.30. The van der Waals surface area contributed by atoms with Crippen molar-refractivity contribution in [1.82, 2.24) is 4.90 Å². The van der Waals surface area contributed by atoms with Gasteiger partial charge in [-0.1, -0.05) is 36.9 Å². The second-order valence-electron chi connectivity index (χ2n) is 11.1. The van der Waals surface area contributed by atoms with Crippen molar-refractivity contribution in [2.45, 2.75) is 31.3 Å². The van der Waals surface area contributed by atoms with Crippen LogP contribution in [0.2, 0.25) is 0 Å². The molecule has 2 heterocycles. The minimum Gasteiger partial charge on any atom is -0.457 e. The van der Waals surface area contributed by atoms with Crippen molar-refractivity contribution in [3.05, 3.63) is 95.6 Å². The molecule has 3 aromatic carbocycles. The standard InChI is InChI=1S/C33H33N5O4S/c1-3-25(39)38-15-13-19(14-16-38)31(41)37-32-27-26-23(11-12-24(34)29(26)43-32)33(36,30(40)28(27)35)22-10-9-21(17-18(22)2)42-20-7-5-4-6-8-20/h3-12,17,19,28H,1,13-16,34-36H2,2H3,(H,37,41). The topological polar surface area (TPSA) is 154 Å². The van der Waals surface area contributed by atoms with Crippen LogP contribution >= 0.6 is 11.3 Å². The van der Waals surface area contributed by atoms with Crippen molar-refractivity contribution >= 4 is 49.7 Å². The maximum absolute atomic E-state index is 14.2. The Morgan fingerprint density at radius 1 is 1.07 bits per heavy atom. The fraction of sp³-hybridized carbons (Fsp3) is 0.242. The lowest BCUT2D eigenvalue weighted by molar-refractivity contribution is -0.130. The molecule has 2 amide bonds. The van der Waals surface area contributed by atoms with E-state index in [1.807, 2.05) is 49.4 Å². The Hall–Kier alpha value is -4.51. The highest BCUT2D eigenvalue weighted by molar-refractivity contribution is 7.24. The number of Topliss-reactive ketones (excluding diaryl/α,β-unsaturated/α-hetero) is 1. The normalized spacial score (nSPS) is 20.2. The van der Waals surface area contributed by atoms with E-state index in [9.17, 15) is 14.4 Å². The zero-order valence-corrected chi connectivity index (χ0v) is 24.6. The van der Waals surface area contributed by atoms with Gasteiger partial charge in [-0.05, 0) is 72.9 Å². The Morgan fingerprint density at radius 3 is 2.44 bits per heavy atom. The van der Waals surface area contributed by atoms with Gasteiger partial charge < -0.3 is 32.2 Å². The third-order valence-corrected chi connectivity index (χ3v) is 9.67. The van der Waals surface area contributed by atoms with Gasteiger partial charge in [0.1, 0.15) is 22.0 Å². The molecule has 6 rings (SSSR count). The van der Waals surface area contributed by atoms with E-state index in [1.165, 1.54) is 17.4 Å². The van der Waals surface area contributed by atoms with E-state index >= 15 is 0 Å². The molecule has 2 atom stereocenters. The third kappa shape index (κ3) is 4.77. The molecule has 1 aliphatic heterocycles. The number of thiophene rings is 1. The van der Waals surface area contributed by atoms with Crippen LogP contribution in [-0.4, -0.2) is 35.6 Å². The fourth-order valence-corrected chi connectivity index (χ4v) is 7.43. The van der Waals surface area contributed by atoms with E-state index in [0.29, 0.717) is 74.9 Å². The highest BCUT2D eigenvalue weighted by Crippen LogP contribution is 2.52. The molecule has 9 nitrogen and oxygen atoms in total. The van der Waals surface area contributed by atoms with Crippen LogP contribution in [0.15, 0.2) is 73.3 Å². The number of rotatable bonds is 6. The Balaban J connectivity index is 1.36. The first kappa shape index (κ1) is 28.6. The van der Waals surface area contributed by atoms with Crippen molar-refractivity contribution < 1.29 is 19.1 Å². The number of para-hydroxylation sites is 1. The molecule has 0 spiro atoms. The fourth-order valence-electron chi connectivity index (χ4n) is 6.22. The van der Waals surface area contributed by atoms with Gasteiger partial charge in [0, 0.05) is 35.6 Å². The molecule has 1 fully saturated rings. The zero-order valence-electron chi connectivity index (χ0n) is 23.8. The molecule has 1 aliphatic carbocycles. The number of ether oxygens (including phenoxy) is 1. The molecule has 4 aromatic rings. The molecule has 0 radical (unpaired) electrons. The summed E-state index contributed by atoms with van der Waals surface area (Å²) in [6, 6.07) is 17.3. The van der Waals surface area contributed by atoms with Crippen LogP contribution in [0.3, 0.4) is 0 Å². The SMILES string of the molecule is C=CC(=O)N1CCC(C(=O)Nc2sc3c(N)ccc4c3c2C(N)C(=O)C4(N)c2ccc(Oc3ccccc3)cc2C)CC1. The number of anilines is 2. The van der Waals surface area contributed by atoms with Gasteiger partial charge in [-0.15, -0.1) is 11.3 Å². The Bertz CT molecular complexity index is 1780. The summed E-state index contributed by atoms with van der Waals surface area (Å²) in [6.07, 6.45) is 2.34. The number of hydrogen-bond donors (Lipinski definition) is 4. The van der Waals surface area contributed by atoms with Gasteiger partial charge in [0.15, 0.2) is 5.78 Å². The monoisotopic (exact) mass is 595 g/mol. The summed E-state index contributed by atoms with van der Waals surface area (Å²) in [6.45, 7) is 6.37. The Labute approximate surface area is 253 Å². The number of likely N-dealkylation sites (tertiary alicyclic amines) is 1. The average Bonchev–Trinajstić information content (AvgIpc) is 3.39. The maximum atomic E-state index is 14.2. The van der Waals surface area contributed by atoms with Gasteiger partial charge >= 0.3 is 0 Å². The van der Waals surface area contributed by atoms with Crippen molar-refractivity contribution in [2.75, 3.05) is 24.1 Å². The number of carbonyl (C=O) groups excluding carboxylic acids is 3. The number of hydrogen-bond acceptors (Lipinski definition) is 8. The predicted molar refractivity (Wildman–Crippen MR) is 169 cm³/mol.